The third-order valence-electron chi connectivity index (χ3n) is 3.55. The van der Waals surface area contributed by atoms with E-state index in [1.165, 1.54) is 0 Å². The summed E-state index contributed by atoms with van der Waals surface area (Å²) < 4.78 is 0. The number of likely N-dealkylation sites (tertiary alicyclic amines) is 1. The first-order valence-corrected chi connectivity index (χ1v) is 6.09. The van der Waals surface area contributed by atoms with Crippen LogP contribution in [0.15, 0.2) is 0 Å². The average molecular weight is 242 g/mol. The Hall–Kier alpha value is -1.10. The number of carboxylic acids is 1. The van der Waals surface area contributed by atoms with E-state index in [0.29, 0.717) is 19.5 Å². The predicted octanol–water partition coefficient (Wildman–Crippen LogP) is 0.539. The highest BCUT2D eigenvalue weighted by molar-refractivity contribution is 5.79. The molecule has 0 bridgehead atoms. The zero-order chi connectivity index (χ0) is 13.2. The highest BCUT2D eigenvalue weighted by atomic mass is 16.4. The molecule has 1 aliphatic heterocycles. The molecule has 5 nitrogen and oxygen atoms in total. The Morgan fingerprint density at radius 2 is 2.00 bits per heavy atom. The van der Waals surface area contributed by atoms with E-state index in [2.05, 4.69) is 0 Å². The van der Waals surface area contributed by atoms with Gasteiger partial charge in [-0.05, 0) is 11.8 Å². The Kier molecular flexibility index (Phi) is 4.51. The van der Waals surface area contributed by atoms with Crippen molar-refractivity contribution in [3.8, 4) is 0 Å². The smallest absolute Gasteiger partial charge is 0.308 e. The van der Waals surface area contributed by atoms with Gasteiger partial charge in [0.05, 0.1) is 5.92 Å². The Bertz CT molecular complexity index is 304. The van der Waals surface area contributed by atoms with E-state index >= 15 is 0 Å². The maximum Gasteiger partial charge on any atom is 0.308 e. The minimum absolute atomic E-state index is 0.0201. The van der Waals surface area contributed by atoms with Crippen molar-refractivity contribution >= 4 is 11.9 Å². The van der Waals surface area contributed by atoms with Crippen molar-refractivity contribution in [1.82, 2.24) is 4.90 Å². The molecule has 1 rings (SSSR count). The molecular formula is C12H22N2O3. The van der Waals surface area contributed by atoms with Gasteiger partial charge in [-0.25, -0.2) is 0 Å². The Morgan fingerprint density at radius 1 is 1.41 bits per heavy atom. The standard InChI is InChI=1S/C12H22N2O3/c1-7(2)10(13)4-11(15)14-5-8(3)9(6-14)12(16)17/h7-10H,4-6,13H2,1-3H3,(H,16,17). The molecule has 0 saturated carbocycles. The lowest BCUT2D eigenvalue weighted by Crippen LogP contribution is -2.37. The van der Waals surface area contributed by atoms with Gasteiger partial charge in [-0.2, -0.15) is 0 Å². The van der Waals surface area contributed by atoms with Crippen molar-refractivity contribution in [1.29, 1.82) is 0 Å². The van der Waals surface area contributed by atoms with E-state index < -0.39 is 11.9 Å². The Balaban J connectivity index is 2.53. The maximum atomic E-state index is 11.9. The first-order valence-electron chi connectivity index (χ1n) is 6.09. The van der Waals surface area contributed by atoms with Crippen molar-refractivity contribution in [2.24, 2.45) is 23.5 Å². The molecule has 1 amide bonds. The fourth-order valence-corrected chi connectivity index (χ4v) is 2.06. The van der Waals surface area contributed by atoms with Crippen molar-refractivity contribution < 1.29 is 14.7 Å². The lowest BCUT2D eigenvalue weighted by molar-refractivity contribution is -0.142. The summed E-state index contributed by atoms with van der Waals surface area (Å²) in [6, 6.07) is -0.151. The second kappa shape index (κ2) is 5.49. The van der Waals surface area contributed by atoms with E-state index in [0.717, 1.165) is 0 Å². The van der Waals surface area contributed by atoms with Gasteiger partial charge < -0.3 is 15.7 Å². The van der Waals surface area contributed by atoms with Crippen LogP contribution in [0.25, 0.3) is 0 Å². The number of carboxylic acid groups (broad SMARTS) is 1. The Morgan fingerprint density at radius 3 is 2.41 bits per heavy atom. The van der Waals surface area contributed by atoms with E-state index in [9.17, 15) is 9.59 Å². The van der Waals surface area contributed by atoms with Gasteiger partial charge in [0.15, 0.2) is 0 Å². The molecule has 3 atom stereocenters. The Labute approximate surface area is 102 Å². The summed E-state index contributed by atoms with van der Waals surface area (Å²) in [5.41, 5.74) is 5.85. The van der Waals surface area contributed by atoms with Gasteiger partial charge in [0.1, 0.15) is 0 Å². The number of nitrogens with zero attached hydrogens (tertiary/aromatic N) is 1. The molecule has 3 unspecified atom stereocenters. The van der Waals surface area contributed by atoms with Gasteiger partial charge in [0.25, 0.3) is 0 Å². The second-order valence-corrected chi connectivity index (χ2v) is 5.33. The predicted molar refractivity (Wildman–Crippen MR) is 64.3 cm³/mol. The molecule has 5 heteroatoms. The average Bonchev–Trinajstić information content (AvgIpc) is 2.60. The summed E-state index contributed by atoms with van der Waals surface area (Å²) in [6.45, 7) is 6.67. The largest absolute Gasteiger partial charge is 0.481 e. The second-order valence-electron chi connectivity index (χ2n) is 5.33. The minimum Gasteiger partial charge on any atom is -0.481 e. The third-order valence-corrected chi connectivity index (χ3v) is 3.55. The molecule has 0 spiro atoms. The molecule has 1 heterocycles. The number of amides is 1. The topological polar surface area (TPSA) is 83.6 Å². The van der Waals surface area contributed by atoms with E-state index in [1.807, 2.05) is 20.8 Å². The van der Waals surface area contributed by atoms with Crippen LogP contribution in [0.3, 0.4) is 0 Å². The van der Waals surface area contributed by atoms with Crippen molar-refractivity contribution in [2.45, 2.75) is 33.2 Å². The molecule has 0 radical (unpaired) electrons. The summed E-state index contributed by atoms with van der Waals surface area (Å²) in [5, 5.41) is 8.99. The number of aliphatic carboxylic acids is 1. The normalized spacial score (nSPS) is 26.3. The molecule has 0 aromatic rings. The van der Waals surface area contributed by atoms with Gasteiger partial charge in [0.2, 0.25) is 5.91 Å². The zero-order valence-electron chi connectivity index (χ0n) is 10.7. The van der Waals surface area contributed by atoms with Crippen LogP contribution < -0.4 is 5.73 Å². The van der Waals surface area contributed by atoms with E-state index in [4.69, 9.17) is 10.8 Å². The number of nitrogens with two attached hydrogens (primary N) is 1. The van der Waals surface area contributed by atoms with E-state index in [-0.39, 0.29) is 23.8 Å². The van der Waals surface area contributed by atoms with Crippen LogP contribution in [0.4, 0.5) is 0 Å². The third kappa shape index (κ3) is 3.43. The van der Waals surface area contributed by atoms with E-state index in [1.54, 1.807) is 4.90 Å². The fourth-order valence-electron chi connectivity index (χ4n) is 2.06. The zero-order valence-corrected chi connectivity index (χ0v) is 10.7. The van der Waals surface area contributed by atoms with Crippen LogP contribution in [0.5, 0.6) is 0 Å². The number of carbonyl (C=O) groups is 2. The molecular weight excluding hydrogens is 220 g/mol. The fraction of sp³-hybridized carbons (Fsp3) is 0.833. The molecule has 98 valence electrons. The molecule has 3 N–H and O–H groups in total. The summed E-state index contributed by atoms with van der Waals surface area (Å²) >= 11 is 0. The molecule has 0 aromatic carbocycles. The van der Waals surface area contributed by atoms with Crippen LogP contribution in [0.1, 0.15) is 27.2 Å². The quantitative estimate of drug-likeness (QED) is 0.753. The first-order chi connectivity index (χ1) is 7.82. The first kappa shape index (κ1) is 14.0. The summed E-state index contributed by atoms with van der Waals surface area (Å²) in [6.07, 6.45) is 0.302. The number of hydrogen-bond acceptors (Lipinski definition) is 3. The summed E-state index contributed by atoms with van der Waals surface area (Å²) in [7, 11) is 0. The van der Waals surface area contributed by atoms with Crippen molar-refractivity contribution in [3.05, 3.63) is 0 Å². The lowest BCUT2D eigenvalue weighted by Gasteiger charge is -2.20. The van der Waals surface area contributed by atoms with Crippen LogP contribution in [0.2, 0.25) is 0 Å². The van der Waals surface area contributed by atoms with Gasteiger partial charge in [-0.15, -0.1) is 0 Å². The van der Waals surface area contributed by atoms with Gasteiger partial charge in [-0.1, -0.05) is 20.8 Å². The molecule has 0 aliphatic carbocycles. The van der Waals surface area contributed by atoms with Crippen LogP contribution >= 0.6 is 0 Å². The van der Waals surface area contributed by atoms with Crippen LogP contribution in [-0.2, 0) is 9.59 Å². The minimum atomic E-state index is -0.819. The SMILES string of the molecule is CC(C)C(N)CC(=O)N1CC(C)C(C(=O)O)C1. The molecule has 1 saturated heterocycles. The van der Waals surface area contributed by atoms with Crippen LogP contribution in [0, 0.1) is 17.8 Å². The summed E-state index contributed by atoms with van der Waals surface area (Å²) in [5.74, 6) is -1.00. The molecule has 0 aromatic heterocycles. The lowest BCUT2D eigenvalue weighted by atomic mass is 9.99. The number of carbonyl (C=O) groups excluding carboxylic acids is 1. The molecule has 17 heavy (non-hydrogen) atoms. The number of rotatable bonds is 4. The van der Waals surface area contributed by atoms with Gasteiger partial charge in [-0.3, -0.25) is 9.59 Å². The van der Waals surface area contributed by atoms with Crippen LogP contribution in [-0.4, -0.2) is 41.0 Å². The van der Waals surface area contributed by atoms with Crippen molar-refractivity contribution in [2.75, 3.05) is 13.1 Å². The van der Waals surface area contributed by atoms with Gasteiger partial charge >= 0.3 is 5.97 Å². The maximum absolute atomic E-state index is 11.9. The van der Waals surface area contributed by atoms with Crippen molar-refractivity contribution in [3.63, 3.8) is 0 Å². The molecule has 1 fully saturated rings. The summed E-state index contributed by atoms with van der Waals surface area (Å²) in [4.78, 5) is 24.5. The molecule has 1 aliphatic rings. The monoisotopic (exact) mass is 242 g/mol. The highest BCUT2D eigenvalue weighted by Gasteiger charge is 2.37. The van der Waals surface area contributed by atoms with Gasteiger partial charge in [0, 0.05) is 25.6 Å². The highest BCUT2D eigenvalue weighted by Crippen LogP contribution is 2.24. The number of hydrogen-bond donors (Lipinski definition) is 2.